The van der Waals surface area contributed by atoms with E-state index in [0.29, 0.717) is 29.2 Å². The quantitative estimate of drug-likeness (QED) is 0.889. The van der Waals surface area contributed by atoms with Crippen LogP contribution >= 0.6 is 0 Å². The van der Waals surface area contributed by atoms with Crippen molar-refractivity contribution >= 4 is 16.8 Å². The molecule has 2 fully saturated rings. The van der Waals surface area contributed by atoms with Crippen molar-refractivity contribution in [2.45, 2.75) is 52.5 Å². The van der Waals surface area contributed by atoms with Crippen molar-refractivity contribution < 1.29 is 4.79 Å². The van der Waals surface area contributed by atoms with Crippen LogP contribution in [0.25, 0.3) is 10.9 Å². The Morgan fingerprint density at radius 3 is 2.87 bits per heavy atom. The molecule has 0 unspecified atom stereocenters. The van der Waals surface area contributed by atoms with Gasteiger partial charge in [0.25, 0.3) is 0 Å². The van der Waals surface area contributed by atoms with Crippen molar-refractivity contribution in [3.05, 3.63) is 36.0 Å². The van der Waals surface area contributed by atoms with Gasteiger partial charge in [-0.15, -0.1) is 0 Å². The number of aromatic nitrogens is 1. The molecule has 122 valence electrons. The van der Waals surface area contributed by atoms with E-state index in [2.05, 4.69) is 42.8 Å². The number of fused-ring (bicyclic) bond motifs is 3. The number of hydrogen-bond acceptors (Lipinski definition) is 1. The summed E-state index contributed by atoms with van der Waals surface area (Å²) in [4.78, 5) is 18.4. The Kier molecular flexibility index (Phi) is 3.13. The van der Waals surface area contributed by atoms with Crippen LogP contribution in [0.3, 0.4) is 0 Å². The van der Waals surface area contributed by atoms with Crippen molar-refractivity contribution in [2.24, 2.45) is 10.8 Å². The first-order chi connectivity index (χ1) is 10.9. The van der Waals surface area contributed by atoms with Crippen LogP contribution in [0.1, 0.15) is 45.6 Å². The summed E-state index contributed by atoms with van der Waals surface area (Å²) in [5, 5.41) is 1.18. The number of para-hydroxylation sites is 1. The molecule has 1 amide bonds. The number of rotatable bonds is 2. The van der Waals surface area contributed by atoms with Gasteiger partial charge in [0.05, 0.1) is 6.42 Å². The number of aromatic amines is 1. The van der Waals surface area contributed by atoms with Gasteiger partial charge in [0, 0.05) is 29.7 Å². The normalized spacial score (nSPS) is 29.2. The van der Waals surface area contributed by atoms with Gasteiger partial charge >= 0.3 is 0 Å². The lowest BCUT2D eigenvalue weighted by atomic mass is 9.65. The number of benzene rings is 1. The molecule has 4 rings (SSSR count). The predicted molar refractivity (Wildman–Crippen MR) is 93.2 cm³/mol. The van der Waals surface area contributed by atoms with Gasteiger partial charge in [0.1, 0.15) is 0 Å². The molecule has 2 aliphatic rings. The summed E-state index contributed by atoms with van der Waals surface area (Å²) in [5.74, 6) is 0.293. The van der Waals surface area contributed by atoms with E-state index in [-0.39, 0.29) is 0 Å². The highest BCUT2D eigenvalue weighted by molar-refractivity contribution is 5.89. The van der Waals surface area contributed by atoms with Crippen LogP contribution in [0.2, 0.25) is 0 Å². The van der Waals surface area contributed by atoms with Gasteiger partial charge < -0.3 is 9.88 Å². The van der Waals surface area contributed by atoms with Gasteiger partial charge in [-0.3, -0.25) is 4.79 Å². The first-order valence-electron chi connectivity index (χ1n) is 8.70. The first-order valence-corrected chi connectivity index (χ1v) is 8.70. The van der Waals surface area contributed by atoms with Gasteiger partial charge in [0.2, 0.25) is 5.91 Å². The average Bonchev–Trinajstić information content (AvgIpc) is 2.97. The molecule has 2 bridgehead atoms. The topological polar surface area (TPSA) is 36.1 Å². The fraction of sp³-hybridized carbons (Fsp3) is 0.550. The molecule has 1 aliphatic carbocycles. The molecule has 1 saturated heterocycles. The minimum Gasteiger partial charge on any atom is -0.361 e. The van der Waals surface area contributed by atoms with E-state index in [0.717, 1.165) is 24.0 Å². The standard InChI is InChI=1S/C20H26N2O/c1-19(2)9-15-10-20(3,12-19)13-22(15)18(23)8-14-11-21-17-7-5-4-6-16(14)17/h4-7,11,15,21H,8-10,12-13H2,1-3H3/t15-,20+/m1/s1. The fourth-order valence-electron chi connectivity index (χ4n) is 5.29. The smallest absolute Gasteiger partial charge is 0.227 e. The third kappa shape index (κ3) is 2.56. The lowest BCUT2D eigenvalue weighted by molar-refractivity contribution is -0.131. The van der Waals surface area contributed by atoms with Gasteiger partial charge in [-0.05, 0) is 41.7 Å². The van der Waals surface area contributed by atoms with Crippen LogP contribution in [-0.4, -0.2) is 28.4 Å². The van der Waals surface area contributed by atoms with Crippen LogP contribution < -0.4 is 0 Å². The molecule has 2 aromatic rings. The largest absolute Gasteiger partial charge is 0.361 e. The molecule has 1 saturated carbocycles. The molecule has 3 heteroatoms. The Morgan fingerprint density at radius 2 is 2.04 bits per heavy atom. The Bertz CT molecular complexity index is 760. The molecule has 23 heavy (non-hydrogen) atoms. The summed E-state index contributed by atoms with van der Waals surface area (Å²) in [5.41, 5.74) is 2.90. The minimum absolute atomic E-state index is 0.293. The molecule has 1 aliphatic heterocycles. The predicted octanol–water partition coefficient (Wildman–Crippen LogP) is 4.14. The summed E-state index contributed by atoms with van der Waals surface area (Å²) < 4.78 is 0. The van der Waals surface area contributed by atoms with E-state index in [1.165, 1.54) is 18.2 Å². The van der Waals surface area contributed by atoms with Crippen molar-refractivity contribution in [3.8, 4) is 0 Å². The highest BCUT2D eigenvalue weighted by Gasteiger charge is 2.50. The fourth-order valence-corrected chi connectivity index (χ4v) is 5.29. The van der Waals surface area contributed by atoms with Crippen LogP contribution in [0.15, 0.2) is 30.5 Å². The van der Waals surface area contributed by atoms with Gasteiger partial charge in [-0.25, -0.2) is 0 Å². The zero-order chi connectivity index (χ0) is 16.2. The molecule has 1 aromatic carbocycles. The third-order valence-electron chi connectivity index (χ3n) is 5.75. The summed E-state index contributed by atoms with van der Waals surface area (Å²) in [7, 11) is 0. The SMILES string of the molecule is CC1(C)C[C@@H]2C[C@](C)(CN2C(=O)Cc2c[nH]c3ccccc23)C1. The number of amides is 1. The number of nitrogens with zero attached hydrogens (tertiary/aromatic N) is 1. The van der Waals surface area contributed by atoms with Gasteiger partial charge in [-0.2, -0.15) is 0 Å². The van der Waals surface area contributed by atoms with E-state index in [4.69, 9.17) is 0 Å². The summed E-state index contributed by atoms with van der Waals surface area (Å²) in [6.45, 7) is 8.00. The van der Waals surface area contributed by atoms with Crippen molar-refractivity contribution in [3.63, 3.8) is 0 Å². The van der Waals surface area contributed by atoms with E-state index in [9.17, 15) is 4.79 Å². The van der Waals surface area contributed by atoms with Gasteiger partial charge in [0.15, 0.2) is 0 Å². The highest BCUT2D eigenvalue weighted by atomic mass is 16.2. The van der Waals surface area contributed by atoms with E-state index >= 15 is 0 Å². The second kappa shape index (κ2) is 4.86. The molecule has 2 heterocycles. The van der Waals surface area contributed by atoms with Crippen LogP contribution in [0.5, 0.6) is 0 Å². The Hall–Kier alpha value is -1.77. The summed E-state index contributed by atoms with van der Waals surface area (Å²) in [6, 6.07) is 8.66. The number of H-pyrrole nitrogens is 1. The molecular weight excluding hydrogens is 284 g/mol. The minimum atomic E-state index is 0.293. The van der Waals surface area contributed by atoms with Crippen LogP contribution in [0.4, 0.5) is 0 Å². The lowest BCUT2D eigenvalue weighted by Gasteiger charge is -2.39. The van der Waals surface area contributed by atoms with E-state index < -0.39 is 0 Å². The first kappa shape index (κ1) is 14.8. The van der Waals surface area contributed by atoms with Crippen molar-refractivity contribution in [2.75, 3.05) is 6.54 Å². The molecule has 3 nitrogen and oxygen atoms in total. The van der Waals surface area contributed by atoms with E-state index in [1.54, 1.807) is 0 Å². The molecule has 1 aromatic heterocycles. The number of carbonyl (C=O) groups excluding carboxylic acids is 1. The average molecular weight is 310 g/mol. The summed E-state index contributed by atoms with van der Waals surface area (Å²) in [6.07, 6.45) is 6.05. The molecule has 0 spiro atoms. The van der Waals surface area contributed by atoms with Crippen LogP contribution in [0, 0.1) is 10.8 Å². The van der Waals surface area contributed by atoms with E-state index in [1.807, 2.05) is 18.3 Å². The number of carbonyl (C=O) groups is 1. The second-order valence-corrected chi connectivity index (χ2v) is 8.77. The lowest BCUT2D eigenvalue weighted by Crippen LogP contribution is -2.38. The van der Waals surface area contributed by atoms with Crippen LogP contribution in [-0.2, 0) is 11.2 Å². The Morgan fingerprint density at radius 1 is 1.26 bits per heavy atom. The second-order valence-electron chi connectivity index (χ2n) is 8.77. The maximum atomic E-state index is 13.0. The molecular formula is C20H26N2O. The maximum Gasteiger partial charge on any atom is 0.227 e. The maximum absolute atomic E-state index is 13.0. The Labute approximate surface area is 138 Å². The number of nitrogens with one attached hydrogen (secondary N) is 1. The third-order valence-corrected chi connectivity index (χ3v) is 5.75. The monoisotopic (exact) mass is 310 g/mol. The summed E-state index contributed by atoms with van der Waals surface area (Å²) >= 11 is 0. The zero-order valence-electron chi connectivity index (χ0n) is 14.4. The molecule has 0 radical (unpaired) electrons. The Balaban J connectivity index is 1.56. The number of likely N-dealkylation sites (tertiary alicyclic amines) is 1. The molecule has 1 N–H and O–H groups in total. The van der Waals surface area contributed by atoms with Crippen molar-refractivity contribution in [1.82, 2.24) is 9.88 Å². The number of hydrogen-bond donors (Lipinski definition) is 1. The van der Waals surface area contributed by atoms with Crippen molar-refractivity contribution in [1.29, 1.82) is 0 Å². The zero-order valence-corrected chi connectivity index (χ0v) is 14.4. The van der Waals surface area contributed by atoms with Gasteiger partial charge in [-0.1, -0.05) is 39.0 Å². The molecule has 2 atom stereocenters. The highest BCUT2D eigenvalue weighted by Crippen LogP contribution is 2.52.